The number of halogens is 1. The highest BCUT2D eigenvalue weighted by Crippen LogP contribution is 2.36. The van der Waals surface area contributed by atoms with Crippen molar-refractivity contribution < 1.29 is 32.9 Å². The molecule has 0 aromatic heterocycles. The van der Waals surface area contributed by atoms with Gasteiger partial charge in [0.05, 0.1) is 0 Å². The van der Waals surface area contributed by atoms with E-state index in [1.807, 2.05) is 20.8 Å². The fourth-order valence-electron chi connectivity index (χ4n) is 3.43. The molecule has 0 N–H and O–H groups in total. The van der Waals surface area contributed by atoms with Gasteiger partial charge in [-0.05, 0) is 62.9 Å². The molecule has 8 heteroatoms. The molecule has 2 aromatic rings. The SMILES string of the molecule is CC(C)CCN(Cc1ccc(Oc2ccc3c(c2)OC(C)(C)OC3=O)c(F)c1)C(=O)OC(C)(C)C. The second-order valence-electron chi connectivity index (χ2n) is 10.5. The molecular formula is C27H34FNO6. The van der Waals surface area contributed by atoms with Crippen LogP contribution < -0.4 is 9.47 Å². The Morgan fingerprint density at radius 1 is 1.11 bits per heavy atom. The molecular weight excluding hydrogens is 453 g/mol. The molecule has 3 rings (SSSR count). The Morgan fingerprint density at radius 2 is 1.83 bits per heavy atom. The minimum Gasteiger partial charge on any atom is -0.454 e. The van der Waals surface area contributed by atoms with Gasteiger partial charge in [-0.3, -0.25) is 0 Å². The lowest BCUT2D eigenvalue weighted by molar-refractivity contribution is -0.127. The fraction of sp³-hybridized carbons (Fsp3) is 0.481. The number of cyclic esters (lactones) is 1. The van der Waals surface area contributed by atoms with Gasteiger partial charge in [0.2, 0.25) is 5.79 Å². The van der Waals surface area contributed by atoms with Gasteiger partial charge in [0.25, 0.3) is 0 Å². The van der Waals surface area contributed by atoms with Crippen LogP contribution in [0.15, 0.2) is 36.4 Å². The van der Waals surface area contributed by atoms with E-state index in [9.17, 15) is 14.0 Å². The number of rotatable bonds is 7. The molecule has 0 atom stereocenters. The topological polar surface area (TPSA) is 74.3 Å². The minimum absolute atomic E-state index is 0.0114. The standard InChI is InChI=1S/C27H34FNO6/c1-17(2)12-13-29(25(31)35-26(3,4)5)16-18-8-11-22(21(28)14-18)32-19-9-10-20-23(15-19)33-27(6,7)34-24(20)30/h8-11,14-15,17H,12-13,16H2,1-7H3. The van der Waals surface area contributed by atoms with Gasteiger partial charge in [0.1, 0.15) is 22.7 Å². The van der Waals surface area contributed by atoms with Gasteiger partial charge in [-0.2, -0.15) is 0 Å². The third kappa shape index (κ3) is 7.34. The average Bonchev–Trinajstić information content (AvgIpc) is 2.70. The number of carbonyl (C=O) groups excluding carboxylic acids is 2. The number of carbonyl (C=O) groups is 2. The molecule has 0 bridgehead atoms. The summed E-state index contributed by atoms with van der Waals surface area (Å²) in [6.45, 7) is 13.6. The third-order valence-corrected chi connectivity index (χ3v) is 5.09. The zero-order valence-electron chi connectivity index (χ0n) is 21.4. The highest BCUT2D eigenvalue weighted by Gasteiger charge is 2.34. The quantitative estimate of drug-likeness (QED) is 0.405. The van der Waals surface area contributed by atoms with Gasteiger partial charge in [0, 0.05) is 33.0 Å². The Bertz CT molecular complexity index is 1090. The van der Waals surface area contributed by atoms with Crippen molar-refractivity contribution in [3.63, 3.8) is 0 Å². The Balaban J connectivity index is 1.75. The van der Waals surface area contributed by atoms with E-state index < -0.39 is 29.3 Å². The third-order valence-electron chi connectivity index (χ3n) is 5.09. The van der Waals surface area contributed by atoms with Crippen molar-refractivity contribution in [3.8, 4) is 17.2 Å². The Hall–Kier alpha value is -3.29. The van der Waals surface area contributed by atoms with Crippen LogP contribution in [0.5, 0.6) is 17.2 Å². The molecule has 0 radical (unpaired) electrons. The number of benzene rings is 2. The first-order chi connectivity index (χ1) is 16.2. The first kappa shape index (κ1) is 26.3. The largest absolute Gasteiger partial charge is 0.454 e. The smallest absolute Gasteiger partial charge is 0.410 e. The van der Waals surface area contributed by atoms with Crippen molar-refractivity contribution >= 4 is 12.1 Å². The van der Waals surface area contributed by atoms with Crippen LogP contribution in [0.4, 0.5) is 9.18 Å². The molecule has 0 spiro atoms. The van der Waals surface area contributed by atoms with E-state index in [1.165, 1.54) is 24.3 Å². The van der Waals surface area contributed by atoms with Crippen LogP contribution in [-0.2, 0) is 16.0 Å². The van der Waals surface area contributed by atoms with E-state index in [4.69, 9.17) is 18.9 Å². The average molecular weight is 488 g/mol. The maximum absolute atomic E-state index is 14.9. The highest BCUT2D eigenvalue weighted by atomic mass is 19.1. The van der Waals surface area contributed by atoms with Crippen molar-refractivity contribution in [1.82, 2.24) is 4.90 Å². The van der Waals surface area contributed by atoms with E-state index in [-0.39, 0.29) is 17.9 Å². The van der Waals surface area contributed by atoms with Crippen molar-refractivity contribution in [3.05, 3.63) is 53.3 Å². The summed E-state index contributed by atoms with van der Waals surface area (Å²) in [5.41, 5.74) is 0.263. The maximum atomic E-state index is 14.9. The zero-order valence-corrected chi connectivity index (χ0v) is 21.4. The summed E-state index contributed by atoms with van der Waals surface area (Å²) in [6, 6.07) is 9.16. The van der Waals surface area contributed by atoms with Crippen LogP contribution in [0.2, 0.25) is 0 Å². The first-order valence-corrected chi connectivity index (χ1v) is 11.7. The predicted octanol–water partition coefficient (Wildman–Crippen LogP) is 6.69. The van der Waals surface area contributed by atoms with Crippen molar-refractivity contribution in [2.45, 2.75) is 72.8 Å². The Morgan fingerprint density at radius 3 is 2.46 bits per heavy atom. The maximum Gasteiger partial charge on any atom is 0.410 e. The van der Waals surface area contributed by atoms with Gasteiger partial charge in [-0.25, -0.2) is 14.0 Å². The molecule has 1 aliphatic rings. The molecule has 0 saturated carbocycles. The van der Waals surface area contributed by atoms with Gasteiger partial charge < -0.3 is 23.8 Å². The molecule has 0 saturated heterocycles. The van der Waals surface area contributed by atoms with Gasteiger partial charge in [-0.1, -0.05) is 19.9 Å². The van der Waals surface area contributed by atoms with E-state index >= 15 is 0 Å². The summed E-state index contributed by atoms with van der Waals surface area (Å²) < 4.78 is 37.1. The lowest BCUT2D eigenvalue weighted by Gasteiger charge is -2.31. The van der Waals surface area contributed by atoms with Crippen LogP contribution >= 0.6 is 0 Å². The number of amides is 1. The van der Waals surface area contributed by atoms with E-state index in [2.05, 4.69) is 13.8 Å². The Labute approximate surface area is 206 Å². The minimum atomic E-state index is -1.11. The molecule has 0 fully saturated rings. The predicted molar refractivity (Wildman–Crippen MR) is 129 cm³/mol. The van der Waals surface area contributed by atoms with Crippen molar-refractivity contribution in [2.75, 3.05) is 6.54 Å². The molecule has 7 nitrogen and oxygen atoms in total. The summed E-state index contributed by atoms with van der Waals surface area (Å²) in [7, 11) is 0. The van der Waals surface area contributed by atoms with Gasteiger partial charge in [-0.15, -0.1) is 0 Å². The molecule has 2 aromatic carbocycles. The van der Waals surface area contributed by atoms with Crippen molar-refractivity contribution in [2.24, 2.45) is 5.92 Å². The lowest BCUT2D eigenvalue weighted by atomic mass is 10.1. The molecule has 0 aliphatic carbocycles. The van der Waals surface area contributed by atoms with Gasteiger partial charge >= 0.3 is 12.1 Å². The van der Waals surface area contributed by atoms with Crippen LogP contribution in [0.1, 0.15) is 70.8 Å². The summed E-state index contributed by atoms with van der Waals surface area (Å²) in [6.07, 6.45) is 0.364. The highest BCUT2D eigenvalue weighted by molar-refractivity contribution is 5.93. The molecule has 1 aliphatic heterocycles. The van der Waals surface area contributed by atoms with E-state index in [0.717, 1.165) is 6.42 Å². The number of fused-ring (bicyclic) bond motifs is 1. The van der Waals surface area contributed by atoms with Crippen LogP contribution in [0.25, 0.3) is 0 Å². The van der Waals surface area contributed by atoms with Crippen LogP contribution in [0, 0.1) is 11.7 Å². The number of hydrogen-bond acceptors (Lipinski definition) is 6. The van der Waals surface area contributed by atoms with Gasteiger partial charge in [0.15, 0.2) is 11.6 Å². The summed E-state index contributed by atoms with van der Waals surface area (Å²) in [4.78, 5) is 26.4. The number of nitrogens with zero attached hydrogens (tertiary/aromatic N) is 1. The normalized spacial score (nSPS) is 14.6. The van der Waals surface area contributed by atoms with Crippen LogP contribution in [0.3, 0.4) is 0 Å². The van der Waals surface area contributed by atoms with Crippen LogP contribution in [-0.4, -0.2) is 34.9 Å². The first-order valence-electron chi connectivity index (χ1n) is 11.7. The second kappa shape index (κ2) is 10.1. The number of ether oxygens (including phenoxy) is 4. The zero-order chi connectivity index (χ0) is 26.0. The summed E-state index contributed by atoms with van der Waals surface area (Å²) in [5, 5.41) is 0. The summed E-state index contributed by atoms with van der Waals surface area (Å²) in [5.74, 6) is -1.14. The molecule has 190 valence electrons. The number of hydrogen-bond donors (Lipinski definition) is 0. The van der Waals surface area contributed by atoms with E-state index in [0.29, 0.717) is 29.5 Å². The molecule has 1 heterocycles. The molecule has 0 unspecified atom stereocenters. The monoisotopic (exact) mass is 487 g/mol. The van der Waals surface area contributed by atoms with Crippen molar-refractivity contribution in [1.29, 1.82) is 0 Å². The molecule has 35 heavy (non-hydrogen) atoms. The number of esters is 1. The second-order valence-corrected chi connectivity index (χ2v) is 10.5. The fourth-order valence-corrected chi connectivity index (χ4v) is 3.43. The van der Waals surface area contributed by atoms with E-state index in [1.54, 1.807) is 30.9 Å². The molecule has 1 amide bonds. The summed E-state index contributed by atoms with van der Waals surface area (Å²) >= 11 is 0. The lowest BCUT2D eigenvalue weighted by Crippen LogP contribution is -2.38. The Kier molecular flexibility index (Phi) is 7.62.